The minimum absolute atomic E-state index is 0.0937. The number of nitriles is 1. The largest absolute Gasteiger partial charge is 0.365 e. The van der Waals surface area contributed by atoms with Gasteiger partial charge in [-0.2, -0.15) is 5.26 Å². The lowest BCUT2D eigenvalue weighted by Gasteiger charge is -2.27. The van der Waals surface area contributed by atoms with Crippen LogP contribution in [0, 0.1) is 18.3 Å². The highest BCUT2D eigenvalue weighted by Crippen LogP contribution is 2.34. The molecule has 1 aromatic carbocycles. The monoisotopic (exact) mass is 406 g/mol. The molecule has 0 aliphatic carbocycles. The number of hydrogen-bond donors (Lipinski definition) is 0. The molecule has 146 valence electrons. The number of sulfone groups is 1. The lowest BCUT2D eigenvalue weighted by molar-refractivity contribution is 0.608. The fourth-order valence-electron chi connectivity index (χ4n) is 2.71. The summed E-state index contributed by atoms with van der Waals surface area (Å²) in [5, 5.41) is 9.52. The topological polar surface area (TPSA) is 61.2 Å². The van der Waals surface area contributed by atoms with E-state index in [9.17, 15) is 8.42 Å². The summed E-state index contributed by atoms with van der Waals surface area (Å²) >= 11 is 6.25. The second kappa shape index (κ2) is 10.3. The van der Waals surface area contributed by atoms with E-state index in [-0.39, 0.29) is 10.9 Å². The molecule has 1 heterocycles. The van der Waals surface area contributed by atoms with Crippen molar-refractivity contribution < 1.29 is 8.42 Å². The van der Waals surface area contributed by atoms with Gasteiger partial charge in [0.1, 0.15) is 6.07 Å². The number of nitrogens with zero attached hydrogens (tertiary/aromatic N) is 2. The Balaban J connectivity index is 0.000000828. The molecule has 0 spiro atoms. The number of halogens is 1. The molecule has 6 heteroatoms. The van der Waals surface area contributed by atoms with Crippen molar-refractivity contribution in [2.24, 2.45) is 0 Å². The second-order valence-electron chi connectivity index (χ2n) is 6.35. The molecule has 2 rings (SSSR count). The normalized spacial score (nSPS) is 17.0. The van der Waals surface area contributed by atoms with Crippen LogP contribution in [0.1, 0.15) is 37.8 Å². The molecule has 0 radical (unpaired) electrons. The Morgan fingerprint density at radius 1 is 1.37 bits per heavy atom. The number of allylic oxidation sites excluding steroid dienone is 3. The predicted octanol–water partition coefficient (Wildman–Crippen LogP) is 5.19. The summed E-state index contributed by atoms with van der Waals surface area (Å²) in [6.45, 7) is 10.3. The Morgan fingerprint density at radius 2 is 2.00 bits per heavy atom. The van der Waals surface area contributed by atoms with Crippen LogP contribution in [0.3, 0.4) is 0 Å². The van der Waals surface area contributed by atoms with Crippen molar-refractivity contribution in [3.05, 3.63) is 64.1 Å². The van der Waals surface area contributed by atoms with Crippen LogP contribution in [0.15, 0.2) is 47.9 Å². The Hall–Kier alpha value is -2.03. The molecule has 1 atom stereocenters. The van der Waals surface area contributed by atoms with Crippen LogP contribution in [0.4, 0.5) is 5.69 Å². The first-order chi connectivity index (χ1) is 12.7. The summed E-state index contributed by atoms with van der Waals surface area (Å²) in [5.41, 5.74) is 2.31. The highest BCUT2D eigenvalue weighted by molar-refractivity contribution is 7.94. The lowest BCUT2D eigenvalue weighted by Crippen LogP contribution is -2.28. The van der Waals surface area contributed by atoms with Gasteiger partial charge >= 0.3 is 0 Å². The van der Waals surface area contributed by atoms with Gasteiger partial charge in [-0.3, -0.25) is 0 Å². The number of hydrogen-bond acceptors (Lipinski definition) is 4. The molecule has 0 aromatic heterocycles. The minimum atomic E-state index is -3.26. The van der Waals surface area contributed by atoms with Gasteiger partial charge in [0.2, 0.25) is 0 Å². The summed E-state index contributed by atoms with van der Waals surface area (Å²) in [5.74, 6) is 0. The second-order valence-corrected chi connectivity index (χ2v) is 8.80. The molecular formula is C21H27ClN2O2S. The number of rotatable bonds is 4. The van der Waals surface area contributed by atoms with E-state index in [0.29, 0.717) is 10.6 Å². The molecular weight excluding hydrogens is 380 g/mol. The van der Waals surface area contributed by atoms with Gasteiger partial charge < -0.3 is 4.90 Å². The van der Waals surface area contributed by atoms with E-state index < -0.39 is 9.84 Å². The van der Waals surface area contributed by atoms with E-state index >= 15 is 0 Å². The third-order valence-corrected chi connectivity index (χ3v) is 5.98. The van der Waals surface area contributed by atoms with Crippen molar-refractivity contribution in [1.82, 2.24) is 0 Å². The van der Waals surface area contributed by atoms with E-state index in [4.69, 9.17) is 16.9 Å². The molecule has 4 nitrogen and oxygen atoms in total. The fraction of sp³-hybridized carbons (Fsp3) is 0.381. The Kier molecular flexibility index (Phi) is 8.81. The van der Waals surface area contributed by atoms with Crippen molar-refractivity contribution >= 4 is 27.1 Å². The zero-order chi connectivity index (χ0) is 20.6. The van der Waals surface area contributed by atoms with Crippen molar-refractivity contribution in [2.75, 3.05) is 17.7 Å². The van der Waals surface area contributed by atoms with Gasteiger partial charge in [0, 0.05) is 24.5 Å². The van der Waals surface area contributed by atoms with Crippen LogP contribution >= 0.6 is 11.6 Å². The van der Waals surface area contributed by atoms with Crippen LogP contribution in [0.2, 0.25) is 5.02 Å². The molecule has 0 amide bonds. The van der Waals surface area contributed by atoms with Crippen LogP contribution in [-0.4, -0.2) is 27.3 Å². The maximum absolute atomic E-state index is 11.4. The van der Waals surface area contributed by atoms with Crippen molar-refractivity contribution in [3.8, 4) is 6.07 Å². The molecule has 27 heavy (non-hydrogen) atoms. The van der Waals surface area contributed by atoms with Crippen LogP contribution in [0.5, 0.6) is 0 Å². The molecule has 0 saturated carbocycles. The minimum Gasteiger partial charge on any atom is -0.365 e. The zero-order valence-electron chi connectivity index (χ0n) is 16.4. The summed E-state index contributed by atoms with van der Waals surface area (Å²) in [6.07, 6.45) is 10.5. The van der Waals surface area contributed by atoms with Crippen molar-refractivity contribution in [2.45, 2.75) is 39.7 Å². The van der Waals surface area contributed by atoms with Crippen LogP contribution in [0.25, 0.3) is 0 Å². The van der Waals surface area contributed by atoms with Gasteiger partial charge in [-0.05, 0) is 57.4 Å². The average molecular weight is 407 g/mol. The average Bonchev–Trinajstić information content (AvgIpc) is 3.09. The quantitative estimate of drug-likeness (QED) is 0.510. The molecule has 1 unspecified atom stereocenters. The van der Waals surface area contributed by atoms with E-state index in [1.807, 2.05) is 45.1 Å². The Labute approximate surface area is 168 Å². The Bertz CT molecular complexity index is 876. The first-order valence-electron chi connectivity index (χ1n) is 8.77. The molecule has 1 aliphatic rings. The summed E-state index contributed by atoms with van der Waals surface area (Å²) in [7, 11) is -3.26. The molecule has 1 fully saturated rings. The van der Waals surface area contributed by atoms with Gasteiger partial charge in [0.25, 0.3) is 0 Å². The van der Waals surface area contributed by atoms with E-state index in [1.165, 1.54) is 0 Å². The van der Waals surface area contributed by atoms with Crippen molar-refractivity contribution in [3.63, 3.8) is 0 Å². The Morgan fingerprint density at radius 3 is 2.52 bits per heavy atom. The molecule has 0 bridgehead atoms. The molecule has 1 saturated heterocycles. The fourth-order valence-corrected chi connectivity index (χ4v) is 3.23. The van der Waals surface area contributed by atoms with Gasteiger partial charge in [-0.25, -0.2) is 8.42 Å². The number of anilines is 1. The van der Waals surface area contributed by atoms with Gasteiger partial charge in [-0.15, -0.1) is 0 Å². The smallest absolute Gasteiger partial charge is 0.174 e. The van der Waals surface area contributed by atoms with E-state index in [1.54, 1.807) is 12.1 Å². The van der Waals surface area contributed by atoms with E-state index in [0.717, 1.165) is 36.9 Å². The van der Waals surface area contributed by atoms with Gasteiger partial charge in [-0.1, -0.05) is 36.4 Å². The molecule has 1 aliphatic heterocycles. The maximum Gasteiger partial charge on any atom is 0.174 e. The lowest BCUT2D eigenvalue weighted by atomic mass is 10.1. The first-order valence-corrected chi connectivity index (χ1v) is 11.0. The van der Waals surface area contributed by atoms with Crippen LogP contribution in [-0.2, 0) is 9.84 Å². The van der Waals surface area contributed by atoms with Gasteiger partial charge in [0.05, 0.1) is 15.5 Å². The van der Waals surface area contributed by atoms with Gasteiger partial charge in [0.15, 0.2) is 9.84 Å². The third kappa shape index (κ3) is 6.27. The summed E-state index contributed by atoms with van der Waals surface area (Å²) in [4.78, 5) is 2.30. The first kappa shape index (κ1) is 23.0. The SMILES string of the molecule is C/C=C\C.C=C(/C=C/C1CCCN1c1ccc(C#N)c(Cl)c1C)S(C)(=O)=O. The third-order valence-electron chi connectivity index (χ3n) is 4.40. The highest BCUT2D eigenvalue weighted by atomic mass is 35.5. The van der Waals surface area contributed by atoms with Crippen LogP contribution < -0.4 is 4.90 Å². The predicted molar refractivity (Wildman–Crippen MR) is 115 cm³/mol. The standard InChI is InChI=1S/C17H19ClN2O2S.C4H8/c1-12(23(3,21)22)6-8-15-5-4-10-20(15)16-9-7-14(11-19)17(18)13(16)2;1-3-4-2/h6-9,15H,1,4-5,10H2,2-3H3;3-4H,1-2H3/b8-6+;4-3-. The van der Waals surface area contributed by atoms with Crippen molar-refractivity contribution in [1.29, 1.82) is 5.26 Å². The number of benzene rings is 1. The summed E-state index contributed by atoms with van der Waals surface area (Å²) in [6, 6.07) is 5.79. The zero-order valence-corrected chi connectivity index (χ0v) is 17.9. The van der Waals surface area contributed by atoms with E-state index in [2.05, 4.69) is 17.5 Å². The summed E-state index contributed by atoms with van der Waals surface area (Å²) < 4.78 is 22.9. The maximum atomic E-state index is 11.4. The highest BCUT2D eigenvalue weighted by Gasteiger charge is 2.25. The molecule has 0 N–H and O–H groups in total. The molecule has 1 aromatic rings.